The van der Waals surface area contributed by atoms with Gasteiger partial charge in [0.25, 0.3) is 5.91 Å². The zero-order valence-electron chi connectivity index (χ0n) is 21.0. The first-order valence-corrected chi connectivity index (χ1v) is 14.7. The fourth-order valence-electron chi connectivity index (χ4n) is 4.17. The molecule has 1 aromatic carbocycles. The largest absolute Gasteiger partial charge is 0.442 e. The van der Waals surface area contributed by atoms with Gasteiger partial charge < -0.3 is 9.73 Å². The summed E-state index contributed by atoms with van der Waals surface area (Å²) in [5.74, 6) is 3.11. The minimum absolute atomic E-state index is 0.254. The zero-order chi connectivity index (χ0) is 25.6. The molecule has 188 valence electrons. The SMILES string of the molecule is CNC(=O)c1nc([C@]2(C)CSC([C@]3(C)CSC([C@]4(C)CSC(/C=C/c5ccccc5)=N4)=N3)=N2)oc1C. The number of aromatic nitrogens is 1. The van der Waals surface area contributed by atoms with Crippen molar-refractivity contribution in [3.05, 3.63) is 59.3 Å². The minimum atomic E-state index is -0.635. The third-order valence-corrected chi connectivity index (χ3v) is 10.6. The summed E-state index contributed by atoms with van der Waals surface area (Å²) in [5.41, 5.74) is 0.0893. The van der Waals surface area contributed by atoms with E-state index in [2.05, 4.69) is 48.4 Å². The van der Waals surface area contributed by atoms with Gasteiger partial charge in [0.2, 0.25) is 5.89 Å². The summed E-state index contributed by atoms with van der Waals surface area (Å²) in [5, 5.41) is 5.69. The average molecular weight is 540 g/mol. The second-order valence-electron chi connectivity index (χ2n) is 9.72. The van der Waals surface area contributed by atoms with Crippen molar-refractivity contribution in [2.45, 2.75) is 44.3 Å². The van der Waals surface area contributed by atoms with Gasteiger partial charge in [-0.25, -0.2) is 4.98 Å². The van der Waals surface area contributed by atoms with Crippen molar-refractivity contribution in [1.29, 1.82) is 0 Å². The molecule has 0 saturated heterocycles. The lowest BCUT2D eigenvalue weighted by Gasteiger charge is -2.21. The molecule has 1 aromatic heterocycles. The zero-order valence-corrected chi connectivity index (χ0v) is 23.4. The Morgan fingerprint density at radius 2 is 1.53 bits per heavy atom. The molecule has 1 amide bonds. The van der Waals surface area contributed by atoms with Crippen LogP contribution >= 0.6 is 35.3 Å². The summed E-state index contributed by atoms with van der Waals surface area (Å²) in [4.78, 5) is 31.9. The molecule has 0 unspecified atom stereocenters. The quantitative estimate of drug-likeness (QED) is 0.541. The Hall–Kier alpha value is -2.30. The first-order chi connectivity index (χ1) is 17.1. The van der Waals surface area contributed by atoms with Gasteiger partial charge in [-0.05, 0) is 39.3 Å². The number of oxazole rings is 1. The first-order valence-electron chi connectivity index (χ1n) is 11.8. The molecule has 10 heteroatoms. The number of hydrogen-bond donors (Lipinski definition) is 1. The van der Waals surface area contributed by atoms with Crippen LogP contribution in [0.5, 0.6) is 0 Å². The lowest BCUT2D eigenvalue weighted by atomic mass is 10.0. The smallest absolute Gasteiger partial charge is 0.273 e. The molecule has 2 aromatic rings. The Kier molecular flexibility index (Phi) is 6.72. The predicted octanol–water partition coefficient (Wildman–Crippen LogP) is 5.22. The molecule has 3 aliphatic rings. The van der Waals surface area contributed by atoms with Gasteiger partial charge in [0.15, 0.2) is 5.69 Å². The fraction of sp³-hybridized carbons (Fsp3) is 0.423. The molecular weight excluding hydrogens is 511 g/mol. The van der Waals surface area contributed by atoms with Gasteiger partial charge in [0.1, 0.15) is 22.4 Å². The van der Waals surface area contributed by atoms with E-state index in [-0.39, 0.29) is 11.4 Å². The summed E-state index contributed by atoms with van der Waals surface area (Å²) in [7, 11) is 1.59. The number of benzene rings is 1. The van der Waals surface area contributed by atoms with E-state index < -0.39 is 11.1 Å². The Labute approximate surface area is 224 Å². The molecule has 1 N–H and O–H groups in total. The predicted molar refractivity (Wildman–Crippen MR) is 154 cm³/mol. The van der Waals surface area contributed by atoms with Crippen LogP contribution in [0, 0.1) is 6.92 Å². The minimum Gasteiger partial charge on any atom is -0.442 e. The molecule has 0 fully saturated rings. The Balaban J connectivity index is 1.36. The second kappa shape index (κ2) is 9.54. The number of thioether (sulfide) groups is 3. The average Bonchev–Trinajstić information content (AvgIpc) is 3.65. The fourth-order valence-corrected chi connectivity index (χ4v) is 8.03. The van der Waals surface area contributed by atoms with Crippen LogP contribution in [0.2, 0.25) is 0 Å². The molecule has 0 spiro atoms. The van der Waals surface area contributed by atoms with E-state index in [9.17, 15) is 4.79 Å². The van der Waals surface area contributed by atoms with Gasteiger partial charge in [0, 0.05) is 24.3 Å². The molecule has 0 radical (unpaired) electrons. The summed E-state index contributed by atoms with van der Waals surface area (Å²) in [6.07, 6.45) is 4.20. The molecular formula is C26H29N5O2S3. The van der Waals surface area contributed by atoms with Gasteiger partial charge >= 0.3 is 0 Å². The third kappa shape index (κ3) is 4.70. The normalized spacial score (nSPS) is 30.0. The maximum absolute atomic E-state index is 12.1. The molecule has 0 bridgehead atoms. The Bertz CT molecular complexity index is 1320. The molecule has 36 heavy (non-hydrogen) atoms. The lowest BCUT2D eigenvalue weighted by Crippen LogP contribution is -2.33. The summed E-state index contributed by atoms with van der Waals surface area (Å²) in [6, 6.07) is 10.3. The van der Waals surface area contributed by atoms with E-state index >= 15 is 0 Å². The van der Waals surface area contributed by atoms with E-state index in [1.165, 1.54) is 0 Å². The highest BCUT2D eigenvalue weighted by atomic mass is 32.2. The topological polar surface area (TPSA) is 92.2 Å². The van der Waals surface area contributed by atoms with Crippen LogP contribution in [0.25, 0.3) is 6.08 Å². The molecule has 3 aliphatic heterocycles. The molecule has 5 rings (SSSR count). The highest BCUT2D eigenvalue weighted by Crippen LogP contribution is 2.46. The number of rotatable bonds is 6. The standard InChI is InChI=1S/C26H29N5O2S3/c1-16-19(20(32)27-5)28-21(33-16)24(2)13-35-23(30-24)26(4)15-36-22(31-26)25(3)14-34-18(29-25)12-11-17-9-7-6-8-10-17/h6-12H,13-15H2,1-5H3,(H,27,32)/b12-11+/t24-,25-,26-/m0/s1. The Morgan fingerprint density at radius 3 is 2.22 bits per heavy atom. The molecule has 0 aliphatic carbocycles. The molecule has 7 nitrogen and oxygen atoms in total. The Morgan fingerprint density at radius 1 is 0.917 bits per heavy atom. The van der Waals surface area contributed by atoms with E-state index in [0.29, 0.717) is 23.1 Å². The van der Waals surface area contributed by atoms with Crippen molar-refractivity contribution in [3.63, 3.8) is 0 Å². The molecule has 4 heterocycles. The van der Waals surface area contributed by atoms with Crippen molar-refractivity contribution in [2.75, 3.05) is 24.3 Å². The van der Waals surface area contributed by atoms with Crippen molar-refractivity contribution < 1.29 is 9.21 Å². The van der Waals surface area contributed by atoms with Gasteiger partial charge in [0.05, 0.1) is 15.1 Å². The molecule has 3 atom stereocenters. The van der Waals surface area contributed by atoms with E-state index in [4.69, 9.17) is 19.4 Å². The second-order valence-corrected chi connectivity index (χ2v) is 12.6. The van der Waals surface area contributed by atoms with Gasteiger partial charge in [-0.15, -0.1) is 35.3 Å². The van der Waals surface area contributed by atoms with Crippen LogP contribution in [-0.2, 0) is 5.54 Å². The van der Waals surface area contributed by atoms with Crippen molar-refractivity contribution >= 4 is 62.4 Å². The highest BCUT2D eigenvalue weighted by molar-refractivity contribution is 8.17. The number of aryl methyl sites for hydroxylation is 1. The first kappa shape index (κ1) is 25.4. The van der Waals surface area contributed by atoms with Gasteiger partial charge in [-0.1, -0.05) is 36.4 Å². The number of aliphatic imine (C=N–C) groups is 3. The van der Waals surface area contributed by atoms with Crippen LogP contribution in [-0.4, -0.2) is 61.4 Å². The van der Waals surface area contributed by atoms with Crippen LogP contribution in [0.1, 0.15) is 48.5 Å². The highest BCUT2D eigenvalue weighted by Gasteiger charge is 2.48. The van der Waals surface area contributed by atoms with E-state index in [0.717, 1.165) is 32.2 Å². The summed E-state index contributed by atoms with van der Waals surface area (Å²) < 4.78 is 5.89. The number of hydrogen-bond acceptors (Lipinski definition) is 9. The number of amides is 1. The molecule has 0 saturated carbocycles. The maximum Gasteiger partial charge on any atom is 0.273 e. The van der Waals surface area contributed by atoms with Crippen LogP contribution in [0.15, 0.2) is 55.8 Å². The van der Waals surface area contributed by atoms with Crippen LogP contribution in [0.4, 0.5) is 0 Å². The van der Waals surface area contributed by atoms with Crippen molar-refractivity contribution in [3.8, 4) is 0 Å². The summed E-state index contributed by atoms with van der Waals surface area (Å²) in [6.45, 7) is 8.08. The van der Waals surface area contributed by atoms with Crippen molar-refractivity contribution in [2.24, 2.45) is 15.0 Å². The number of carbonyl (C=O) groups excluding carboxylic acids is 1. The van der Waals surface area contributed by atoms with Gasteiger partial charge in [-0.2, -0.15) is 0 Å². The summed E-state index contributed by atoms with van der Waals surface area (Å²) >= 11 is 5.25. The van der Waals surface area contributed by atoms with E-state index in [1.54, 1.807) is 49.3 Å². The number of carbonyl (C=O) groups is 1. The van der Waals surface area contributed by atoms with Crippen LogP contribution < -0.4 is 5.32 Å². The monoisotopic (exact) mass is 539 g/mol. The number of nitrogens with one attached hydrogen (secondary N) is 1. The maximum atomic E-state index is 12.1. The van der Waals surface area contributed by atoms with Crippen molar-refractivity contribution in [1.82, 2.24) is 10.3 Å². The lowest BCUT2D eigenvalue weighted by molar-refractivity contribution is 0.0957. The van der Waals surface area contributed by atoms with E-state index in [1.807, 2.05) is 25.1 Å². The third-order valence-electron chi connectivity index (χ3n) is 6.37. The van der Waals surface area contributed by atoms with Crippen LogP contribution in [0.3, 0.4) is 0 Å². The van der Waals surface area contributed by atoms with Gasteiger partial charge in [-0.3, -0.25) is 19.8 Å². The number of nitrogens with zero attached hydrogens (tertiary/aromatic N) is 4.